The van der Waals surface area contributed by atoms with E-state index >= 15 is 0 Å². The van der Waals surface area contributed by atoms with Gasteiger partial charge in [-0.15, -0.1) is 0 Å². The Balaban J connectivity index is 1.83. The highest BCUT2D eigenvalue weighted by atomic mass is 35.5. The summed E-state index contributed by atoms with van der Waals surface area (Å²) in [6, 6.07) is 12.6. The van der Waals surface area contributed by atoms with E-state index in [1.165, 1.54) is 0 Å². The van der Waals surface area contributed by atoms with Gasteiger partial charge in [-0.3, -0.25) is 4.79 Å². The number of amides is 1. The Morgan fingerprint density at radius 3 is 2.56 bits per heavy atom. The van der Waals surface area contributed by atoms with Crippen molar-refractivity contribution in [2.45, 2.75) is 20.8 Å². The number of methoxy groups -OCH3 is 2. The van der Waals surface area contributed by atoms with Crippen LogP contribution in [0.4, 0.5) is 5.69 Å². The Kier molecular flexibility index (Phi) is 5.76. The van der Waals surface area contributed by atoms with Gasteiger partial charge in [0.25, 0.3) is 5.91 Å². The molecule has 0 saturated carbocycles. The normalized spacial score (nSPS) is 10.9. The first-order valence-electron chi connectivity index (χ1n) is 10.00. The number of nitrogens with one attached hydrogen (secondary N) is 1. The van der Waals surface area contributed by atoms with E-state index in [1.54, 1.807) is 43.2 Å². The highest BCUT2D eigenvalue weighted by Crippen LogP contribution is 2.32. The average molecular weight is 451 g/mol. The van der Waals surface area contributed by atoms with Crippen LogP contribution < -0.4 is 14.8 Å². The number of carbonyl (C=O) groups excluding carboxylic acids is 1. The summed E-state index contributed by atoms with van der Waals surface area (Å²) >= 11 is 6.33. The highest BCUT2D eigenvalue weighted by Gasteiger charge is 2.21. The number of aryl methyl sites for hydroxylation is 2. The monoisotopic (exact) mass is 450 g/mol. The molecule has 0 aliphatic heterocycles. The molecule has 4 rings (SSSR count). The molecule has 2 heterocycles. The van der Waals surface area contributed by atoms with Crippen LogP contribution >= 0.6 is 11.6 Å². The SMILES string of the molecule is COc1ccc(NC(=O)c2cc(C)nc3c2c(C)nn3-c2cccc(Cl)c2C)c(OC)c1. The van der Waals surface area contributed by atoms with Gasteiger partial charge in [-0.25, -0.2) is 9.67 Å². The smallest absolute Gasteiger partial charge is 0.256 e. The minimum absolute atomic E-state index is 0.283. The molecular weight excluding hydrogens is 428 g/mol. The number of pyridine rings is 1. The summed E-state index contributed by atoms with van der Waals surface area (Å²) in [6.07, 6.45) is 0. The lowest BCUT2D eigenvalue weighted by atomic mass is 10.1. The molecule has 0 spiro atoms. The van der Waals surface area contributed by atoms with Crippen molar-refractivity contribution in [3.8, 4) is 17.2 Å². The topological polar surface area (TPSA) is 78.3 Å². The fourth-order valence-electron chi connectivity index (χ4n) is 3.68. The lowest BCUT2D eigenvalue weighted by Gasteiger charge is -2.13. The molecule has 164 valence electrons. The van der Waals surface area contributed by atoms with Gasteiger partial charge in [-0.2, -0.15) is 5.10 Å². The predicted octanol–water partition coefficient (Wildman–Crippen LogP) is 5.27. The summed E-state index contributed by atoms with van der Waals surface area (Å²) < 4.78 is 12.4. The van der Waals surface area contributed by atoms with E-state index in [0.717, 1.165) is 11.3 Å². The number of halogens is 1. The van der Waals surface area contributed by atoms with Crippen LogP contribution in [0.15, 0.2) is 42.5 Å². The Bertz CT molecular complexity index is 1350. The van der Waals surface area contributed by atoms with Crippen LogP contribution in [-0.2, 0) is 0 Å². The molecule has 0 saturated heterocycles. The van der Waals surface area contributed by atoms with Crippen LogP contribution in [0.2, 0.25) is 5.02 Å². The van der Waals surface area contributed by atoms with E-state index in [1.807, 2.05) is 39.0 Å². The van der Waals surface area contributed by atoms with Crippen LogP contribution in [0.3, 0.4) is 0 Å². The molecule has 0 radical (unpaired) electrons. The van der Waals surface area contributed by atoms with Crippen LogP contribution in [0.1, 0.15) is 27.3 Å². The van der Waals surface area contributed by atoms with Crippen LogP contribution in [-0.4, -0.2) is 34.9 Å². The number of benzene rings is 2. The maximum Gasteiger partial charge on any atom is 0.256 e. The average Bonchev–Trinajstić information content (AvgIpc) is 3.11. The first-order chi connectivity index (χ1) is 15.3. The largest absolute Gasteiger partial charge is 0.497 e. The Morgan fingerprint density at radius 2 is 1.84 bits per heavy atom. The van der Waals surface area contributed by atoms with E-state index < -0.39 is 0 Å². The van der Waals surface area contributed by atoms with E-state index in [0.29, 0.717) is 50.2 Å². The maximum absolute atomic E-state index is 13.3. The standard InChI is InChI=1S/C24H23ClN4O3/c1-13-11-17(24(30)27-19-10-9-16(31-4)12-21(19)32-5)22-15(3)28-29(23(22)26-13)20-8-6-7-18(25)14(20)2/h6-12H,1-5H3,(H,27,30). The fourth-order valence-corrected chi connectivity index (χ4v) is 3.85. The number of rotatable bonds is 5. The molecule has 0 aliphatic carbocycles. The molecule has 4 aromatic rings. The molecule has 32 heavy (non-hydrogen) atoms. The van der Waals surface area contributed by atoms with Gasteiger partial charge in [0.1, 0.15) is 11.5 Å². The summed E-state index contributed by atoms with van der Waals surface area (Å²) in [5.41, 5.74) is 4.71. The third-order valence-corrected chi connectivity index (χ3v) is 5.72. The molecule has 7 nitrogen and oxygen atoms in total. The van der Waals surface area contributed by atoms with Crippen molar-refractivity contribution in [3.05, 3.63) is 70.0 Å². The number of fused-ring (bicyclic) bond motifs is 1. The second-order valence-corrected chi connectivity index (χ2v) is 7.82. The van der Waals surface area contributed by atoms with Gasteiger partial charge in [0.15, 0.2) is 5.65 Å². The number of hydrogen-bond acceptors (Lipinski definition) is 5. The number of anilines is 1. The number of aromatic nitrogens is 3. The number of hydrogen-bond donors (Lipinski definition) is 1. The van der Waals surface area contributed by atoms with Crippen molar-refractivity contribution in [3.63, 3.8) is 0 Å². The van der Waals surface area contributed by atoms with Crippen LogP contribution in [0, 0.1) is 20.8 Å². The van der Waals surface area contributed by atoms with Gasteiger partial charge in [0, 0.05) is 16.8 Å². The summed E-state index contributed by atoms with van der Waals surface area (Å²) in [7, 11) is 3.12. The van der Waals surface area contributed by atoms with Crippen molar-refractivity contribution in [1.82, 2.24) is 14.8 Å². The molecule has 2 aromatic carbocycles. The first-order valence-corrected chi connectivity index (χ1v) is 10.4. The third kappa shape index (κ3) is 3.76. The van der Waals surface area contributed by atoms with E-state index in [-0.39, 0.29) is 5.91 Å². The zero-order valence-corrected chi connectivity index (χ0v) is 19.2. The lowest BCUT2D eigenvalue weighted by Crippen LogP contribution is -2.14. The molecule has 8 heteroatoms. The summed E-state index contributed by atoms with van der Waals surface area (Å²) in [6.45, 7) is 5.64. The Morgan fingerprint density at radius 1 is 1.06 bits per heavy atom. The van der Waals surface area contributed by atoms with Gasteiger partial charge < -0.3 is 14.8 Å². The minimum atomic E-state index is -0.283. The minimum Gasteiger partial charge on any atom is -0.497 e. The zero-order chi connectivity index (χ0) is 23.0. The molecule has 0 bridgehead atoms. The zero-order valence-electron chi connectivity index (χ0n) is 18.5. The van der Waals surface area contributed by atoms with Crippen molar-refractivity contribution in [1.29, 1.82) is 0 Å². The van der Waals surface area contributed by atoms with Crippen molar-refractivity contribution < 1.29 is 14.3 Å². The van der Waals surface area contributed by atoms with Crippen LogP contribution in [0.5, 0.6) is 11.5 Å². The van der Waals surface area contributed by atoms with Crippen LogP contribution in [0.25, 0.3) is 16.7 Å². The molecule has 0 fully saturated rings. The van der Waals surface area contributed by atoms with Crippen molar-refractivity contribution in [2.75, 3.05) is 19.5 Å². The van der Waals surface area contributed by atoms with Gasteiger partial charge >= 0.3 is 0 Å². The van der Waals surface area contributed by atoms with Gasteiger partial charge in [0.2, 0.25) is 0 Å². The highest BCUT2D eigenvalue weighted by molar-refractivity contribution is 6.31. The second-order valence-electron chi connectivity index (χ2n) is 7.41. The first kappa shape index (κ1) is 21.6. The number of nitrogens with zero attached hydrogens (tertiary/aromatic N) is 3. The van der Waals surface area contributed by atoms with Gasteiger partial charge in [-0.05, 0) is 56.7 Å². The summed E-state index contributed by atoms with van der Waals surface area (Å²) in [5, 5.41) is 8.94. The van der Waals surface area contributed by atoms with Gasteiger partial charge in [0.05, 0.1) is 42.2 Å². The molecule has 0 unspecified atom stereocenters. The summed E-state index contributed by atoms with van der Waals surface area (Å²) in [5.74, 6) is 0.854. The molecule has 1 amide bonds. The lowest BCUT2D eigenvalue weighted by molar-refractivity contribution is 0.102. The van der Waals surface area contributed by atoms with E-state index in [2.05, 4.69) is 15.4 Å². The molecular formula is C24H23ClN4O3. The van der Waals surface area contributed by atoms with Crippen molar-refractivity contribution in [2.24, 2.45) is 0 Å². The van der Waals surface area contributed by atoms with Gasteiger partial charge in [-0.1, -0.05) is 17.7 Å². The Hall–Kier alpha value is -3.58. The third-order valence-electron chi connectivity index (χ3n) is 5.31. The fraction of sp³-hybridized carbons (Fsp3) is 0.208. The predicted molar refractivity (Wildman–Crippen MR) is 126 cm³/mol. The number of ether oxygens (including phenoxy) is 2. The molecule has 0 aliphatic rings. The second kappa shape index (κ2) is 8.51. The molecule has 1 N–H and O–H groups in total. The molecule has 0 atom stereocenters. The Labute approximate surface area is 190 Å². The quantitative estimate of drug-likeness (QED) is 0.448. The molecule has 2 aromatic heterocycles. The maximum atomic E-state index is 13.3. The number of carbonyl (C=O) groups is 1. The summed E-state index contributed by atoms with van der Waals surface area (Å²) in [4.78, 5) is 18.0. The van der Waals surface area contributed by atoms with E-state index in [4.69, 9.17) is 21.1 Å². The van der Waals surface area contributed by atoms with Crippen molar-refractivity contribution >= 4 is 34.2 Å². The van der Waals surface area contributed by atoms with E-state index in [9.17, 15) is 4.79 Å².